The maximum Gasteiger partial charge on any atom is 0.295 e. The number of pyridine rings is 1. The largest absolute Gasteiger partial charge is 0.494 e. The van der Waals surface area contributed by atoms with Gasteiger partial charge in [0.25, 0.3) is 16.0 Å². The third-order valence-electron chi connectivity index (χ3n) is 9.68. The molecule has 306 valence electrons. The van der Waals surface area contributed by atoms with Crippen LogP contribution in [0.3, 0.4) is 0 Å². The van der Waals surface area contributed by atoms with E-state index in [1.165, 1.54) is 36.5 Å². The number of fused-ring (bicyclic) bond motifs is 11. The lowest BCUT2D eigenvalue weighted by Gasteiger charge is -2.29. The van der Waals surface area contributed by atoms with Crippen molar-refractivity contribution in [1.29, 1.82) is 0 Å². The van der Waals surface area contributed by atoms with E-state index in [1.54, 1.807) is 47.9 Å². The first-order valence-corrected chi connectivity index (χ1v) is 20.1. The van der Waals surface area contributed by atoms with Crippen molar-refractivity contribution in [3.63, 3.8) is 0 Å². The van der Waals surface area contributed by atoms with E-state index in [1.807, 2.05) is 26.0 Å². The summed E-state index contributed by atoms with van der Waals surface area (Å²) in [7, 11) is -4.57. The van der Waals surface area contributed by atoms with Crippen molar-refractivity contribution in [3.8, 4) is 5.75 Å². The molecule has 1 aromatic heterocycles. The molecule has 2 aliphatic heterocycles. The van der Waals surface area contributed by atoms with E-state index in [9.17, 15) is 37.4 Å². The van der Waals surface area contributed by atoms with Crippen molar-refractivity contribution in [3.05, 3.63) is 125 Å². The van der Waals surface area contributed by atoms with E-state index >= 15 is 0 Å². The molecule has 0 aliphatic carbocycles. The second kappa shape index (κ2) is 19.8. The number of nitrogens with zero attached hydrogens (tertiary/aromatic N) is 2. The molecule has 4 aromatic rings. The maximum atomic E-state index is 13.8. The number of nitrogens with two attached hydrogens (primary N) is 1. The van der Waals surface area contributed by atoms with Crippen molar-refractivity contribution in [2.24, 2.45) is 28.7 Å². The normalized spacial score (nSPS) is 17.7. The Labute approximate surface area is 336 Å². The highest BCUT2D eigenvalue weighted by molar-refractivity contribution is 7.86. The van der Waals surface area contributed by atoms with Gasteiger partial charge < -0.3 is 26.5 Å². The number of hydrogen-bond donors (Lipinski definition) is 7. The summed E-state index contributed by atoms with van der Waals surface area (Å²) < 4.78 is 39.2. The molecule has 58 heavy (non-hydrogen) atoms. The summed E-state index contributed by atoms with van der Waals surface area (Å²) in [5.74, 6) is 2.66. The molecular weight excluding hydrogens is 767 g/mol. The zero-order valence-corrected chi connectivity index (χ0v) is 32.9. The highest BCUT2D eigenvalue weighted by Gasteiger charge is 2.36. The smallest absolute Gasteiger partial charge is 0.295 e. The van der Waals surface area contributed by atoms with Crippen LogP contribution in [0.25, 0.3) is 0 Å². The number of hydrazone groups is 1. The lowest BCUT2D eigenvalue weighted by atomic mass is 9.81. The average molecular weight is 814 g/mol. The molecule has 2 aliphatic rings. The number of rotatable bonds is 12. The Balaban J connectivity index is 1.21. The van der Waals surface area contributed by atoms with Crippen molar-refractivity contribution in [2.45, 2.75) is 63.6 Å². The number of carbonyl (C=O) groups excluding carboxylic acids is 4. The van der Waals surface area contributed by atoms with Crippen LogP contribution in [-0.4, -0.2) is 65.2 Å². The van der Waals surface area contributed by atoms with E-state index < -0.39 is 51.6 Å². The molecular formula is C41H47N7O9S. The van der Waals surface area contributed by atoms with Crippen molar-refractivity contribution in [1.82, 2.24) is 26.4 Å². The number of carbonyl (C=O) groups is 4. The molecule has 3 unspecified atom stereocenters. The Hall–Kier alpha value is -6.17. The first-order valence-electron chi connectivity index (χ1n) is 18.7. The summed E-state index contributed by atoms with van der Waals surface area (Å²) >= 11 is 0. The van der Waals surface area contributed by atoms with E-state index in [0.29, 0.717) is 31.6 Å². The van der Waals surface area contributed by atoms with Gasteiger partial charge in [0.2, 0.25) is 17.7 Å². The zero-order valence-electron chi connectivity index (χ0n) is 32.1. The van der Waals surface area contributed by atoms with Gasteiger partial charge in [-0.2, -0.15) is 13.5 Å². The summed E-state index contributed by atoms with van der Waals surface area (Å²) in [6, 6.07) is 22.1. The number of benzene rings is 3. The molecule has 0 saturated heterocycles. The number of hydroxylamine groups is 1. The van der Waals surface area contributed by atoms with Crippen molar-refractivity contribution >= 4 is 39.5 Å². The zero-order chi connectivity index (χ0) is 41.8. The Morgan fingerprint density at radius 1 is 0.948 bits per heavy atom. The van der Waals surface area contributed by atoms with E-state index in [4.69, 9.17) is 10.6 Å². The second-order valence-electron chi connectivity index (χ2n) is 14.3. The Morgan fingerprint density at radius 2 is 1.62 bits per heavy atom. The van der Waals surface area contributed by atoms with E-state index in [-0.39, 0.29) is 52.9 Å². The van der Waals surface area contributed by atoms with Gasteiger partial charge >= 0.3 is 0 Å². The van der Waals surface area contributed by atoms with Gasteiger partial charge in [0.15, 0.2) is 0 Å². The fraction of sp³-hybridized carbons (Fsp3) is 0.317. The molecule has 0 fully saturated rings. The van der Waals surface area contributed by atoms with E-state index in [2.05, 4.69) is 26.0 Å². The number of aromatic nitrogens is 1. The maximum absolute atomic E-state index is 13.8. The van der Waals surface area contributed by atoms with Crippen LogP contribution in [0.15, 0.2) is 101 Å². The third kappa shape index (κ3) is 11.5. The molecule has 2 bridgehead atoms. The molecule has 4 amide bonds. The minimum absolute atomic E-state index is 0.00112. The third-order valence-corrected chi connectivity index (χ3v) is 10.6. The fourth-order valence-electron chi connectivity index (χ4n) is 6.70. The average Bonchev–Trinajstić information content (AvgIpc) is 3.21. The fourth-order valence-corrected chi connectivity index (χ4v) is 7.39. The Morgan fingerprint density at radius 3 is 2.22 bits per heavy atom. The molecule has 17 heteroatoms. The van der Waals surface area contributed by atoms with Crippen LogP contribution in [0.5, 0.6) is 5.75 Å². The Kier molecular flexibility index (Phi) is 14.7. The summed E-state index contributed by atoms with van der Waals surface area (Å²) in [5.41, 5.74) is 4.50. The molecule has 8 N–H and O–H groups in total. The molecule has 0 radical (unpaired) electrons. The van der Waals surface area contributed by atoms with Crippen LogP contribution in [0.2, 0.25) is 0 Å². The van der Waals surface area contributed by atoms with Crippen LogP contribution in [0, 0.1) is 17.8 Å². The van der Waals surface area contributed by atoms with Crippen LogP contribution < -0.4 is 32.0 Å². The monoisotopic (exact) mass is 813 g/mol. The Bertz CT molecular complexity index is 2210. The summed E-state index contributed by atoms with van der Waals surface area (Å²) in [6.45, 7) is 4.53. The molecule has 6 rings (SSSR count). The molecule has 3 heterocycles. The number of amides is 4. The highest BCUT2D eigenvalue weighted by atomic mass is 32.2. The minimum Gasteiger partial charge on any atom is -0.494 e. The quantitative estimate of drug-likeness (QED) is 0.0359. The van der Waals surface area contributed by atoms with Crippen molar-refractivity contribution in [2.75, 3.05) is 6.61 Å². The van der Waals surface area contributed by atoms with Gasteiger partial charge in [-0.3, -0.25) is 33.9 Å². The number of ether oxygens (including phenoxy) is 1. The highest BCUT2D eigenvalue weighted by Crippen LogP contribution is 2.27. The van der Waals surface area contributed by atoms with Crippen LogP contribution in [-0.2, 0) is 44.0 Å². The van der Waals surface area contributed by atoms with Crippen molar-refractivity contribution < 1.29 is 42.1 Å². The van der Waals surface area contributed by atoms with Gasteiger partial charge in [0, 0.05) is 37.2 Å². The summed E-state index contributed by atoms with van der Waals surface area (Å²) in [5, 5.41) is 21.8. The molecule has 3 aromatic carbocycles. The first-order chi connectivity index (χ1) is 27.8. The van der Waals surface area contributed by atoms with Crippen LogP contribution in [0.4, 0.5) is 0 Å². The summed E-state index contributed by atoms with van der Waals surface area (Å²) in [4.78, 5) is 57.1. The standard InChI is InChI=1S/C41H47N7O9S/c1-25(2)20-33-31(40(51)48-53)7-5-19-57-30-16-13-26(14-17-30)21-35(46-39(33)50)41(52)45-23-28-11-9-27(10-12-28)22-44-38(49)29-15-18-34(43-24-29)37(47-42)32-6-3-4-8-36(32)58(54,55)56/h3-4,6,8-18,24-25,31,33,35,53H,5,7,19-23,42H2,1-2H3,(H,44,49)(H,45,52)(H,46,50)(H,48,51)(H,54,55,56). The number of nitrogens with one attached hydrogen (secondary N) is 4. The van der Waals surface area contributed by atoms with Gasteiger partial charge in [-0.25, -0.2) is 5.48 Å². The number of hydrogen-bond acceptors (Lipinski definition) is 11. The van der Waals surface area contributed by atoms with Gasteiger partial charge in [0.1, 0.15) is 22.4 Å². The van der Waals surface area contributed by atoms with E-state index in [0.717, 1.165) is 16.7 Å². The molecule has 3 atom stereocenters. The first kappa shape index (κ1) is 43.0. The molecule has 0 spiro atoms. The molecule has 0 saturated carbocycles. The van der Waals surface area contributed by atoms with Gasteiger partial charge in [-0.05, 0) is 72.2 Å². The predicted octanol–water partition coefficient (Wildman–Crippen LogP) is 3.27. The lowest BCUT2D eigenvalue weighted by Crippen LogP contribution is -2.51. The topological polar surface area (TPSA) is 251 Å². The second-order valence-corrected chi connectivity index (χ2v) is 15.7. The predicted molar refractivity (Wildman–Crippen MR) is 213 cm³/mol. The van der Waals surface area contributed by atoms with Gasteiger partial charge in [-0.15, -0.1) is 0 Å². The SMILES string of the molecule is CC(C)CC1C(=O)NC(C(=O)NCc2ccc(CNC(=O)c3ccc(C(=NN)c4ccccc4S(=O)(=O)O)nc3)cc2)Cc2ccc(cc2)OCCCC1C(=O)NO. The molecule has 16 nitrogen and oxygen atoms in total. The van der Waals surface area contributed by atoms with Crippen LogP contribution >= 0.6 is 0 Å². The lowest BCUT2D eigenvalue weighted by molar-refractivity contribution is -0.142. The minimum atomic E-state index is -4.57. The van der Waals surface area contributed by atoms with Gasteiger partial charge in [0.05, 0.1) is 23.8 Å². The summed E-state index contributed by atoms with van der Waals surface area (Å²) in [6.07, 6.45) is 2.61. The van der Waals surface area contributed by atoms with Gasteiger partial charge in [-0.1, -0.05) is 68.4 Å². The van der Waals surface area contributed by atoms with Crippen LogP contribution in [0.1, 0.15) is 71.4 Å².